The van der Waals surface area contributed by atoms with Crippen LogP contribution in [0.2, 0.25) is 0 Å². The molecule has 8 nitrogen and oxygen atoms in total. The van der Waals surface area contributed by atoms with Gasteiger partial charge in [0.2, 0.25) is 5.91 Å². The lowest BCUT2D eigenvalue weighted by molar-refractivity contribution is -0.116. The highest BCUT2D eigenvalue weighted by molar-refractivity contribution is 5.96. The molecule has 198 valence electrons. The van der Waals surface area contributed by atoms with Gasteiger partial charge in [-0.2, -0.15) is 0 Å². The van der Waals surface area contributed by atoms with E-state index in [9.17, 15) is 9.59 Å². The quantitative estimate of drug-likeness (QED) is 0.578. The van der Waals surface area contributed by atoms with E-state index in [0.717, 1.165) is 32.2 Å². The van der Waals surface area contributed by atoms with E-state index >= 15 is 0 Å². The molecule has 3 aliphatic rings. The van der Waals surface area contributed by atoms with Crippen LogP contribution in [0.5, 0.6) is 5.75 Å². The normalized spacial score (nSPS) is 26.0. The van der Waals surface area contributed by atoms with Crippen molar-refractivity contribution in [1.82, 2.24) is 19.7 Å². The summed E-state index contributed by atoms with van der Waals surface area (Å²) in [4.78, 5) is 37.1. The number of carbonyl (C=O) groups excluding carboxylic acids is 2. The third kappa shape index (κ3) is 4.79. The van der Waals surface area contributed by atoms with Crippen molar-refractivity contribution >= 4 is 17.6 Å². The molecule has 1 N–H and O–H groups in total. The minimum absolute atomic E-state index is 0.000748. The van der Waals surface area contributed by atoms with Crippen LogP contribution >= 0.6 is 0 Å². The van der Waals surface area contributed by atoms with Crippen LogP contribution in [0.3, 0.4) is 0 Å². The smallest absolute Gasteiger partial charge is 0.321 e. The summed E-state index contributed by atoms with van der Waals surface area (Å²) in [6.07, 6.45) is 10.6. The lowest BCUT2D eigenvalue weighted by atomic mass is 9.68. The first-order valence-corrected chi connectivity index (χ1v) is 13.4. The molecule has 1 aliphatic heterocycles. The first-order valence-electron chi connectivity index (χ1n) is 13.4. The number of nitrogens with zero attached hydrogens (tertiary/aromatic N) is 4. The number of nitrogens with one attached hydrogen (secondary N) is 1. The van der Waals surface area contributed by atoms with Crippen molar-refractivity contribution in [3.05, 3.63) is 54.4 Å². The van der Waals surface area contributed by atoms with Crippen LogP contribution in [-0.4, -0.2) is 78.0 Å². The maximum absolute atomic E-state index is 13.8. The summed E-state index contributed by atoms with van der Waals surface area (Å²) in [6, 6.07) is 12.5. The Bertz CT molecular complexity index is 1110. The van der Waals surface area contributed by atoms with E-state index in [1.807, 2.05) is 0 Å². The van der Waals surface area contributed by atoms with E-state index in [1.54, 1.807) is 30.5 Å². The van der Waals surface area contributed by atoms with Crippen LogP contribution < -0.4 is 10.1 Å². The molecule has 1 spiro atoms. The van der Waals surface area contributed by atoms with Crippen LogP contribution in [0.25, 0.3) is 0 Å². The third-order valence-corrected chi connectivity index (χ3v) is 9.01. The molecule has 2 heterocycles. The highest BCUT2D eigenvalue weighted by Crippen LogP contribution is 2.49. The number of urea groups is 1. The lowest BCUT2D eigenvalue weighted by Crippen LogP contribution is -2.56. The number of amides is 3. The van der Waals surface area contributed by atoms with Gasteiger partial charge in [0.15, 0.2) is 5.75 Å². The third-order valence-electron chi connectivity index (χ3n) is 9.01. The van der Waals surface area contributed by atoms with Crippen molar-refractivity contribution in [3.63, 3.8) is 0 Å². The number of pyridine rings is 1. The number of carbonyl (C=O) groups is 2. The second-order valence-corrected chi connectivity index (χ2v) is 11.2. The zero-order valence-corrected chi connectivity index (χ0v) is 22.3. The Morgan fingerprint density at radius 1 is 1.14 bits per heavy atom. The molecule has 2 aliphatic carbocycles. The summed E-state index contributed by atoms with van der Waals surface area (Å²) in [5.74, 6) is 0.853. The van der Waals surface area contributed by atoms with Crippen molar-refractivity contribution in [2.45, 2.75) is 56.0 Å². The Balaban J connectivity index is 1.34. The van der Waals surface area contributed by atoms with E-state index < -0.39 is 0 Å². The van der Waals surface area contributed by atoms with Gasteiger partial charge < -0.3 is 19.9 Å². The number of benzene rings is 1. The average Bonchev–Trinajstić information content (AvgIpc) is 3.12. The number of aromatic nitrogens is 1. The summed E-state index contributed by atoms with van der Waals surface area (Å²) in [5, 5.41) is 2.90. The van der Waals surface area contributed by atoms with Gasteiger partial charge in [0.25, 0.3) is 0 Å². The molecule has 8 heteroatoms. The van der Waals surface area contributed by atoms with Gasteiger partial charge in [-0.05, 0) is 70.2 Å². The zero-order valence-electron chi connectivity index (χ0n) is 22.3. The number of ether oxygens (including phenoxy) is 1. The molecule has 0 unspecified atom stereocenters. The average molecular weight is 506 g/mol. The zero-order chi connectivity index (χ0) is 26.0. The van der Waals surface area contributed by atoms with Gasteiger partial charge >= 0.3 is 6.03 Å². The molecule has 2 aromatic rings. The Labute approximate surface area is 220 Å². The van der Waals surface area contributed by atoms with E-state index in [1.165, 1.54) is 24.8 Å². The maximum Gasteiger partial charge on any atom is 0.321 e. The molecule has 1 aromatic heterocycles. The SMILES string of the molecule is COc1cnccc1NC(=O)CN1CC2(CCC(c3ccccc3)(N(C)C)CC2)N(CC2CCC2)C1=O. The molecule has 5 rings (SSSR count). The highest BCUT2D eigenvalue weighted by Gasteiger charge is 2.55. The largest absolute Gasteiger partial charge is 0.493 e. The van der Waals surface area contributed by atoms with E-state index in [4.69, 9.17) is 4.74 Å². The van der Waals surface area contributed by atoms with E-state index in [0.29, 0.717) is 23.9 Å². The Kier molecular flexibility index (Phi) is 7.12. The van der Waals surface area contributed by atoms with Gasteiger partial charge in [-0.3, -0.25) is 14.7 Å². The molecule has 0 atom stereocenters. The van der Waals surface area contributed by atoms with Crippen molar-refractivity contribution in [2.24, 2.45) is 5.92 Å². The van der Waals surface area contributed by atoms with Gasteiger partial charge in [0.05, 0.1) is 24.5 Å². The Hall–Kier alpha value is -3.13. The standard InChI is InChI=1S/C29H39N5O3/c1-32(2)29(23-10-5-4-6-11-23)15-13-28(14-16-29)21-33(27(36)34(28)19-22-8-7-9-22)20-26(35)31-24-12-17-30-18-25(24)37-3/h4-6,10-12,17-18,22H,7-9,13-16,19-21H2,1-3H3,(H,30,31,35). The van der Waals surface area contributed by atoms with Crippen molar-refractivity contribution in [3.8, 4) is 5.75 Å². The predicted molar refractivity (Wildman–Crippen MR) is 143 cm³/mol. The Morgan fingerprint density at radius 3 is 2.49 bits per heavy atom. The van der Waals surface area contributed by atoms with Crippen LogP contribution in [0.15, 0.2) is 48.8 Å². The second-order valence-electron chi connectivity index (χ2n) is 11.2. The van der Waals surface area contributed by atoms with Gasteiger partial charge in [-0.15, -0.1) is 0 Å². The highest BCUT2D eigenvalue weighted by atomic mass is 16.5. The fourth-order valence-electron chi connectivity index (χ4n) is 6.52. The number of rotatable bonds is 8. The van der Waals surface area contributed by atoms with Gasteiger partial charge in [0, 0.05) is 24.8 Å². The predicted octanol–water partition coefficient (Wildman–Crippen LogP) is 4.34. The summed E-state index contributed by atoms with van der Waals surface area (Å²) in [7, 11) is 5.88. The fourth-order valence-corrected chi connectivity index (χ4v) is 6.52. The molecule has 2 saturated carbocycles. The first-order chi connectivity index (χ1) is 17.9. The molecule has 1 saturated heterocycles. The van der Waals surface area contributed by atoms with Crippen molar-refractivity contribution in [1.29, 1.82) is 0 Å². The maximum atomic E-state index is 13.8. The molecule has 37 heavy (non-hydrogen) atoms. The van der Waals surface area contributed by atoms with Crippen LogP contribution in [0.4, 0.5) is 10.5 Å². The number of hydrogen-bond donors (Lipinski definition) is 1. The Morgan fingerprint density at radius 2 is 1.86 bits per heavy atom. The summed E-state index contributed by atoms with van der Waals surface area (Å²) < 4.78 is 5.31. The number of methoxy groups -OCH3 is 1. The minimum Gasteiger partial charge on any atom is -0.493 e. The van der Waals surface area contributed by atoms with Crippen LogP contribution in [0, 0.1) is 5.92 Å². The van der Waals surface area contributed by atoms with Gasteiger partial charge in [-0.1, -0.05) is 36.8 Å². The lowest BCUT2D eigenvalue weighted by Gasteiger charge is -2.51. The van der Waals surface area contributed by atoms with E-state index in [-0.39, 0.29) is 29.6 Å². The number of hydrogen-bond acceptors (Lipinski definition) is 5. The van der Waals surface area contributed by atoms with E-state index in [2.05, 4.69) is 64.5 Å². The second kappa shape index (κ2) is 10.3. The molecule has 0 bridgehead atoms. The summed E-state index contributed by atoms with van der Waals surface area (Å²) in [6.45, 7) is 1.43. The molecule has 0 radical (unpaired) electrons. The van der Waals surface area contributed by atoms with Crippen molar-refractivity contribution < 1.29 is 14.3 Å². The topological polar surface area (TPSA) is 78.0 Å². The first kappa shape index (κ1) is 25.5. The number of anilines is 1. The summed E-state index contributed by atoms with van der Waals surface area (Å²) >= 11 is 0. The monoisotopic (exact) mass is 505 g/mol. The minimum atomic E-state index is -0.227. The molecule has 1 aromatic carbocycles. The fraction of sp³-hybridized carbons (Fsp3) is 0.552. The molecular formula is C29H39N5O3. The summed E-state index contributed by atoms with van der Waals surface area (Å²) in [5.41, 5.74) is 1.63. The molecular weight excluding hydrogens is 466 g/mol. The van der Waals surface area contributed by atoms with Crippen LogP contribution in [0.1, 0.15) is 50.5 Å². The molecule has 3 fully saturated rings. The van der Waals surface area contributed by atoms with Gasteiger partial charge in [0.1, 0.15) is 6.54 Å². The van der Waals surface area contributed by atoms with Gasteiger partial charge in [-0.25, -0.2) is 4.79 Å². The van der Waals surface area contributed by atoms with Crippen LogP contribution in [-0.2, 0) is 10.3 Å². The molecule has 3 amide bonds. The van der Waals surface area contributed by atoms with Crippen molar-refractivity contribution in [2.75, 3.05) is 46.2 Å².